The number of ether oxygens (including phenoxy) is 1. The van der Waals surface area contributed by atoms with Crippen LogP contribution < -0.4 is 22.1 Å². The van der Waals surface area contributed by atoms with E-state index in [4.69, 9.17) is 26.9 Å². The molecule has 7 aromatic rings. The monoisotopic (exact) mass is 1400 g/mol. The van der Waals surface area contributed by atoms with Gasteiger partial charge in [0.15, 0.2) is 0 Å². The summed E-state index contributed by atoms with van der Waals surface area (Å²) in [5, 5.41) is -0.0111. The second-order valence-electron chi connectivity index (χ2n) is 33.0. The third-order valence-electron chi connectivity index (χ3n) is 20.1. The molecular formula is C87H104O7Si5. The van der Waals surface area contributed by atoms with Gasteiger partial charge < -0.3 is 26.9 Å². The van der Waals surface area contributed by atoms with Gasteiger partial charge in [0.1, 0.15) is 28.7 Å². The molecule has 0 spiro atoms. The molecule has 12 heteroatoms. The highest BCUT2D eigenvalue weighted by atomic mass is 28.4. The minimum Gasteiger partial charge on any atom is -0.544 e. The zero-order chi connectivity index (χ0) is 73.4. The molecule has 0 N–H and O–H groups in total. The first-order chi connectivity index (χ1) is 45.8. The van der Waals surface area contributed by atoms with E-state index in [0.717, 1.165) is 56.6 Å². The molecule has 0 saturated carbocycles. The lowest BCUT2D eigenvalue weighted by atomic mass is 9.86. The SMILES string of the molecule is CCOC(=O)c1ccc(C#Cc2c(C#Cc3ccc(O[Si](C)(C)C(C)(C)C)cc3)c(C#Cc3ccc(O[Si](C)(C)C(C)(C)C)cc3)c(C#Cc3ccc(O[Si](C)(C)C(C)(C)C)cc3)c(C#Cc3ccc(O[Si](C)(C)C(C)(C)C)cc3)c2C#Cc2ccc(O[Si](C)(C)C(C)(C)C)cc2)cc1. The minimum absolute atomic E-state index is 0.000978. The summed E-state index contributed by atoms with van der Waals surface area (Å²) in [5.41, 5.74) is 7.81. The Morgan fingerprint density at radius 3 is 0.556 bits per heavy atom. The first-order valence-corrected chi connectivity index (χ1v) is 48.9. The van der Waals surface area contributed by atoms with Gasteiger partial charge in [-0.1, -0.05) is 175 Å². The second-order valence-corrected chi connectivity index (χ2v) is 56.6. The van der Waals surface area contributed by atoms with Crippen molar-refractivity contribution in [3.8, 4) is 99.8 Å². The normalized spacial score (nSPS) is 12.1. The molecule has 7 aromatic carbocycles. The molecule has 0 bridgehead atoms. The maximum absolute atomic E-state index is 13.0. The van der Waals surface area contributed by atoms with Crippen molar-refractivity contribution in [1.82, 2.24) is 0 Å². The summed E-state index contributed by atoms with van der Waals surface area (Å²) in [6, 6.07) is 47.0. The summed E-state index contributed by atoms with van der Waals surface area (Å²) in [7, 11) is -10.9. The summed E-state index contributed by atoms with van der Waals surface area (Å²) in [5.74, 6) is 46.8. The predicted octanol–water partition coefficient (Wildman–Crippen LogP) is 22.2. The van der Waals surface area contributed by atoms with Crippen molar-refractivity contribution in [3.05, 3.63) is 218 Å². The van der Waals surface area contributed by atoms with Gasteiger partial charge in [-0.3, -0.25) is 0 Å². The van der Waals surface area contributed by atoms with Crippen molar-refractivity contribution < 1.29 is 31.7 Å². The van der Waals surface area contributed by atoms with E-state index in [9.17, 15) is 4.79 Å². The topological polar surface area (TPSA) is 72.5 Å². The van der Waals surface area contributed by atoms with Gasteiger partial charge in [0.2, 0.25) is 41.6 Å². The number of hydrogen-bond donors (Lipinski definition) is 0. The van der Waals surface area contributed by atoms with Crippen molar-refractivity contribution in [2.45, 2.75) is 201 Å². The molecule has 0 fully saturated rings. The van der Waals surface area contributed by atoms with E-state index in [-0.39, 0.29) is 31.8 Å². The lowest BCUT2D eigenvalue weighted by Gasteiger charge is -2.36. The molecule has 7 nitrogen and oxygen atoms in total. The fraction of sp³-hybridized carbons (Fsp3) is 0.368. The van der Waals surface area contributed by atoms with Gasteiger partial charge in [-0.2, -0.15) is 0 Å². The molecule has 0 aliphatic heterocycles. The van der Waals surface area contributed by atoms with E-state index in [1.807, 2.05) is 133 Å². The average molecular weight is 1400 g/mol. The maximum atomic E-state index is 13.0. The molecule has 514 valence electrons. The Morgan fingerprint density at radius 1 is 0.263 bits per heavy atom. The number of carbonyl (C=O) groups is 1. The van der Waals surface area contributed by atoms with Crippen molar-refractivity contribution in [2.75, 3.05) is 6.61 Å². The van der Waals surface area contributed by atoms with Crippen LogP contribution in [0.25, 0.3) is 0 Å². The van der Waals surface area contributed by atoms with Gasteiger partial charge in [0.05, 0.1) is 45.6 Å². The third kappa shape index (κ3) is 20.6. The van der Waals surface area contributed by atoms with Crippen molar-refractivity contribution in [1.29, 1.82) is 0 Å². The van der Waals surface area contributed by atoms with E-state index < -0.39 is 47.6 Å². The Hall–Kier alpha value is -8.55. The Kier molecular flexibility index (Phi) is 24.0. The average Bonchev–Trinajstić information content (AvgIpc) is 0.760. The quantitative estimate of drug-likeness (QED) is 0.0686. The molecular weight excluding hydrogens is 1300 g/mol. The summed E-state index contributed by atoms with van der Waals surface area (Å²) < 4.78 is 39.2. The fourth-order valence-corrected chi connectivity index (χ4v) is 13.6. The van der Waals surface area contributed by atoms with Crippen LogP contribution >= 0.6 is 0 Å². The van der Waals surface area contributed by atoms with Crippen molar-refractivity contribution in [2.24, 2.45) is 0 Å². The van der Waals surface area contributed by atoms with Crippen LogP contribution in [0.3, 0.4) is 0 Å². The summed E-state index contributed by atoms with van der Waals surface area (Å²) >= 11 is 0. The fourth-order valence-electron chi connectivity index (χ4n) is 8.48. The number of rotatable bonds is 12. The van der Waals surface area contributed by atoms with E-state index in [1.165, 1.54) is 0 Å². The Morgan fingerprint density at radius 2 is 0.414 bits per heavy atom. The highest BCUT2D eigenvalue weighted by Gasteiger charge is 2.42. The third-order valence-corrected chi connectivity index (χ3v) is 41.8. The molecule has 0 radical (unpaired) electrons. The molecule has 0 atom stereocenters. The maximum Gasteiger partial charge on any atom is 0.338 e. The molecule has 0 aromatic heterocycles. The summed E-state index contributed by atoms with van der Waals surface area (Å²) in [6.07, 6.45) is 0. The van der Waals surface area contributed by atoms with E-state index in [1.54, 1.807) is 19.1 Å². The van der Waals surface area contributed by atoms with Gasteiger partial charge >= 0.3 is 5.97 Å². The predicted molar refractivity (Wildman–Crippen MR) is 426 cm³/mol. The van der Waals surface area contributed by atoms with Crippen LogP contribution in [0.4, 0.5) is 0 Å². The van der Waals surface area contributed by atoms with E-state index in [0.29, 0.717) is 44.5 Å². The minimum atomic E-state index is -2.17. The molecule has 0 heterocycles. The first-order valence-electron chi connectivity index (χ1n) is 34.4. The van der Waals surface area contributed by atoms with Crippen LogP contribution in [0.2, 0.25) is 90.7 Å². The zero-order valence-corrected chi connectivity index (χ0v) is 68.9. The van der Waals surface area contributed by atoms with Crippen LogP contribution in [0.5, 0.6) is 28.7 Å². The Labute approximate surface area is 601 Å². The molecule has 0 aliphatic rings. The summed E-state index contributed by atoms with van der Waals surface area (Å²) in [4.78, 5) is 13.0. The molecule has 7 rings (SSSR count). The van der Waals surface area contributed by atoms with Gasteiger partial charge in [0, 0.05) is 33.4 Å². The second kappa shape index (κ2) is 30.5. The highest BCUT2D eigenvalue weighted by molar-refractivity contribution is 6.76. The Bertz CT molecular complexity index is 4250. The molecule has 0 aliphatic carbocycles. The van der Waals surface area contributed by atoms with E-state index >= 15 is 0 Å². The summed E-state index contributed by atoms with van der Waals surface area (Å²) in [6.45, 7) is 58.0. The number of hydrogen-bond acceptors (Lipinski definition) is 7. The van der Waals surface area contributed by atoms with Crippen LogP contribution in [-0.2, 0) is 4.74 Å². The molecule has 0 unspecified atom stereocenters. The Balaban J connectivity index is 1.65. The van der Waals surface area contributed by atoms with Crippen molar-refractivity contribution >= 4 is 47.6 Å². The number of carbonyl (C=O) groups excluding carboxylic acids is 1. The van der Waals surface area contributed by atoms with Crippen LogP contribution in [-0.4, -0.2) is 54.2 Å². The smallest absolute Gasteiger partial charge is 0.338 e. The van der Waals surface area contributed by atoms with Gasteiger partial charge in [0.25, 0.3) is 0 Å². The zero-order valence-electron chi connectivity index (χ0n) is 63.9. The van der Waals surface area contributed by atoms with Crippen LogP contribution in [0.1, 0.15) is 188 Å². The molecule has 0 amide bonds. The molecule has 0 saturated heterocycles. The van der Waals surface area contributed by atoms with Crippen LogP contribution in [0.15, 0.2) is 146 Å². The number of benzene rings is 7. The van der Waals surface area contributed by atoms with Crippen LogP contribution in [0, 0.1) is 71.0 Å². The number of esters is 1. The lowest BCUT2D eigenvalue weighted by molar-refractivity contribution is 0.0526. The highest BCUT2D eigenvalue weighted by Crippen LogP contribution is 2.42. The standard InChI is InChI=1S/C87H104O7Si5/c1-27-89-82(88)70-46-28-64(29-47-70)40-58-76-77(59-41-65-30-48-71(49-31-65)90-95(17,18)83(2,3)4)79(61-43-67-34-52-73(53-35-67)92-97(21,22)85(8,9)10)81(63-45-69-38-56-75(57-39-69)94-99(25,26)87(14,15)16)80(62-44-68-36-54-74(55-37-68)93-98(23,24)86(11,12)13)78(76)60-42-66-32-50-72(51-33-66)91-96(19,20)84(5,6)7/h28-39,46-57H,27H2,1-26H3. The van der Waals surface area contributed by atoms with Crippen molar-refractivity contribution in [3.63, 3.8) is 0 Å². The first kappa shape index (κ1) is 77.8. The van der Waals surface area contributed by atoms with E-state index in [2.05, 4.69) is 240 Å². The lowest BCUT2D eigenvalue weighted by Crippen LogP contribution is -2.43. The largest absolute Gasteiger partial charge is 0.544 e. The van der Waals surface area contributed by atoms with Gasteiger partial charge in [-0.25, -0.2) is 4.79 Å². The van der Waals surface area contributed by atoms with Gasteiger partial charge in [-0.05, 0) is 243 Å². The molecule has 99 heavy (non-hydrogen) atoms. The van der Waals surface area contributed by atoms with Gasteiger partial charge in [-0.15, -0.1) is 0 Å².